The summed E-state index contributed by atoms with van der Waals surface area (Å²) in [5, 5.41) is 0.0496. The van der Waals surface area contributed by atoms with E-state index < -0.39 is 49.7 Å². The van der Waals surface area contributed by atoms with E-state index in [0.29, 0.717) is 5.56 Å². The number of fused-ring (bicyclic) bond motifs is 1. The van der Waals surface area contributed by atoms with E-state index in [0.717, 1.165) is 6.92 Å². The molecule has 0 bridgehead atoms. The SMILES string of the molecule is CC(F)(F)C1CCC(Oc2ccc3cc([C@@](C)(N)COP(=O)(O)O)ccc3c2C(F)(F)F)CC1. The topological polar surface area (TPSA) is 102 Å². The van der Waals surface area contributed by atoms with Crippen LogP contribution in [0.2, 0.25) is 0 Å². The van der Waals surface area contributed by atoms with Crippen LogP contribution in [0.3, 0.4) is 0 Å². The third kappa shape index (κ3) is 6.46. The maximum Gasteiger partial charge on any atom is 0.469 e. The number of hydrogen-bond donors (Lipinski definition) is 3. The molecule has 2 aromatic rings. The molecule has 3 rings (SSSR count). The van der Waals surface area contributed by atoms with Gasteiger partial charge in [-0.2, -0.15) is 13.2 Å². The lowest BCUT2D eigenvalue weighted by Crippen LogP contribution is -2.37. The molecule has 4 N–H and O–H groups in total. The highest BCUT2D eigenvalue weighted by atomic mass is 31.2. The summed E-state index contributed by atoms with van der Waals surface area (Å²) in [5.41, 5.74) is 4.03. The number of alkyl halides is 5. The summed E-state index contributed by atoms with van der Waals surface area (Å²) in [7, 11) is -4.79. The molecule has 1 saturated carbocycles. The average Bonchev–Trinajstić information content (AvgIpc) is 2.70. The van der Waals surface area contributed by atoms with Crippen molar-refractivity contribution in [2.24, 2.45) is 11.7 Å². The van der Waals surface area contributed by atoms with Gasteiger partial charge in [-0.15, -0.1) is 0 Å². The molecule has 1 atom stereocenters. The van der Waals surface area contributed by atoms with E-state index in [1.807, 2.05) is 0 Å². The van der Waals surface area contributed by atoms with E-state index in [1.165, 1.54) is 37.3 Å². The largest absolute Gasteiger partial charge is 0.490 e. The van der Waals surface area contributed by atoms with Crippen LogP contribution in [0, 0.1) is 5.92 Å². The quantitative estimate of drug-likeness (QED) is 0.324. The van der Waals surface area contributed by atoms with E-state index in [9.17, 15) is 26.5 Å². The molecule has 0 heterocycles. The van der Waals surface area contributed by atoms with Crippen LogP contribution < -0.4 is 10.5 Å². The van der Waals surface area contributed by atoms with Crippen molar-refractivity contribution in [3.63, 3.8) is 0 Å². The number of benzene rings is 2. The van der Waals surface area contributed by atoms with Gasteiger partial charge in [0.05, 0.1) is 18.2 Å². The molecule has 0 spiro atoms. The molecular formula is C22H27F5NO5P. The van der Waals surface area contributed by atoms with Crippen molar-refractivity contribution in [1.82, 2.24) is 0 Å². The van der Waals surface area contributed by atoms with Gasteiger partial charge in [-0.05, 0) is 68.0 Å². The van der Waals surface area contributed by atoms with Crippen LogP contribution in [0.5, 0.6) is 5.75 Å². The van der Waals surface area contributed by atoms with Crippen molar-refractivity contribution in [3.05, 3.63) is 41.5 Å². The Morgan fingerprint density at radius 2 is 1.65 bits per heavy atom. The number of ether oxygens (including phenoxy) is 1. The summed E-state index contributed by atoms with van der Waals surface area (Å²) < 4.78 is 90.3. The minimum atomic E-state index is -4.79. The molecule has 1 aliphatic carbocycles. The summed E-state index contributed by atoms with van der Waals surface area (Å²) in [6, 6.07) is 6.56. The van der Waals surface area contributed by atoms with Crippen molar-refractivity contribution in [2.75, 3.05) is 6.61 Å². The molecule has 0 radical (unpaired) electrons. The molecule has 0 aromatic heterocycles. The van der Waals surface area contributed by atoms with Gasteiger partial charge in [-0.25, -0.2) is 13.3 Å². The Bertz CT molecular complexity index is 1070. The average molecular weight is 511 g/mol. The van der Waals surface area contributed by atoms with Gasteiger partial charge in [-0.1, -0.05) is 18.2 Å². The molecule has 0 amide bonds. The third-order valence-electron chi connectivity index (χ3n) is 6.14. The highest BCUT2D eigenvalue weighted by molar-refractivity contribution is 7.46. The predicted octanol–water partition coefficient (Wildman–Crippen LogP) is 5.73. The van der Waals surface area contributed by atoms with Crippen LogP contribution in [-0.2, 0) is 20.8 Å². The maximum absolute atomic E-state index is 14.0. The fourth-order valence-corrected chi connectivity index (χ4v) is 4.66. The molecular weight excluding hydrogens is 484 g/mol. The van der Waals surface area contributed by atoms with Crippen LogP contribution in [0.1, 0.15) is 50.7 Å². The second-order valence-corrected chi connectivity index (χ2v) is 10.3. The lowest BCUT2D eigenvalue weighted by molar-refractivity contribution is -0.138. The number of phosphoric acid groups is 1. The van der Waals surface area contributed by atoms with Gasteiger partial charge in [0.15, 0.2) is 0 Å². The summed E-state index contributed by atoms with van der Waals surface area (Å²) in [6.07, 6.45) is -4.56. The molecule has 2 aromatic carbocycles. The van der Waals surface area contributed by atoms with Gasteiger partial charge >= 0.3 is 14.0 Å². The van der Waals surface area contributed by atoms with Crippen molar-refractivity contribution in [1.29, 1.82) is 0 Å². The van der Waals surface area contributed by atoms with Gasteiger partial charge in [0.1, 0.15) is 11.3 Å². The Labute approximate surface area is 193 Å². The molecule has 0 saturated heterocycles. The highest BCUT2D eigenvalue weighted by Gasteiger charge is 2.40. The molecule has 0 unspecified atom stereocenters. The van der Waals surface area contributed by atoms with Crippen LogP contribution >= 0.6 is 7.82 Å². The molecule has 34 heavy (non-hydrogen) atoms. The first-order valence-electron chi connectivity index (χ1n) is 10.7. The van der Waals surface area contributed by atoms with Gasteiger partial charge in [-0.3, -0.25) is 4.52 Å². The van der Waals surface area contributed by atoms with Gasteiger partial charge < -0.3 is 20.3 Å². The molecule has 6 nitrogen and oxygen atoms in total. The second kappa shape index (κ2) is 9.35. The summed E-state index contributed by atoms with van der Waals surface area (Å²) >= 11 is 0. The first-order valence-corrected chi connectivity index (χ1v) is 12.2. The van der Waals surface area contributed by atoms with Gasteiger partial charge in [0.25, 0.3) is 0 Å². The zero-order valence-corrected chi connectivity index (χ0v) is 19.5. The fourth-order valence-electron chi connectivity index (χ4n) is 4.22. The van der Waals surface area contributed by atoms with Gasteiger partial charge in [0, 0.05) is 5.92 Å². The number of nitrogens with two attached hydrogens (primary N) is 1. The molecule has 1 aliphatic rings. The number of hydrogen-bond acceptors (Lipinski definition) is 4. The fraction of sp³-hybridized carbons (Fsp3) is 0.545. The molecule has 190 valence electrons. The molecule has 12 heteroatoms. The Balaban J connectivity index is 1.90. The minimum Gasteiger partial charge on any atom is -0.490 e. The maximum atomic E-state index is 14.0. The first-order chi connectivity index (χ1) is 15.5. The van der Waals surface area contributed by atoms with E-state index >= 15 is 0 Å². The lowest BCUT2D eigenvalue weighted by Gasteiger charge is -2.32. The van der Waals surface area contributed by atoms with E-state index in [1.54, 1.807) is 0 Å². The lowest BCUT2D eigenvalue weighted by atomic mass is 9.83. The smallest absolute Gasteiger partial charge is 0.469 e. The Kier molecular flexibility index (Phi) is 7.38. The van der Waals surface area contributed by atoms with Crippen LogP contribution in [-0.4, -0.2) is 28.4 Å². The van der Waals surface area contributed by atoms with Crippen LogP contribution in [0.15, 0.2) is 30.3 Å². The van der Waals surface area contributed by atoms with Crippen molar-refractivity contribution in [2.45, 2.75) is 63.3 Å². The molecule has 0 aliphatic heterocycles. The van der Waals surface area contributed by atoms with Crippen LogP contribution in [0.4, 0.5) is 22.0 Å². The Morgan fingerprint density at radius 3 is 2.18 bits per heavy atom. The summed E-state index contributed by atoms with van der Waals surface area (Å²) in [6.45, 7) is 1.72. The predicted molar refractivity (Wildman–Crippen MR) is 115 cm³/mol. The zero-order chi connectivity index (χ0) is 25.5. The normalized spacial score (nSPS) is 21.9. The summed E-state index contributed by atoms with van der Waals surface area (Å²) in [4.78, 5) is 17.8. The van der Waals surface area contributed by atoms with E-state index in [4.69, 9.17) is 20.3 Å². The first kappa shape index (κ1) is 26.8. The van der Waals surface area contributed by atoms with Crippen molar-refractivity contribution < 1.29 is 45.6 Å². The Hall–Kier alpha value is -1.78. The van der Waals surface area contributed by atoms with Crippen molar-refractivity contribution in [3.8, 4) is 5.75 Å². The number of rotatable bonds is 7. The van der Waals surface area contributed by atoms with Gasteiger partial charge in [0.2, 0.25) is 5.92 Å². The zero-order valence-electron chi connectivity index (χ0n) is 18.6. The number of halogens is 5. The van der Waals surface area contributed by atoms with Crippen LogP contribution in [0.25, 0.3) is 10.8 Å². The monoisotopic (exact) mass is 511 g/mol. The standard InChI is InChI=1S/C22H27F5NO5P/c1-20(28,12-32-34(29,30)31)15-6-9-17-13(11-15)3-10-18(19(17)22(25,26)27)33-16-7-4-14(5-8-16)21(2,23)24/h3,6,9-11,14,16H,4-5,7-8,12,28H2,1-2H3,(H2,29,30,31)/t14?,16?,20-/m0/s1. The van der Waals surface area contributed by atoms with Crippen molar-refractivity contribution >= 4 is 18.6 Å². The third-order valence-corrected chi connectivity index (χ3v) is 6.61. The molecule has 1 fully saturated rings. The van der Waals surface area contributed by atoms with E-state index in [2.05, 4.69) is 4.52 Å². The van der Waals surface area contributed by atoms with E-state index in [-0.39, 0.29) is 42.2 Å². The number of phosphoric ester groups is 1. The highest BCUT2D eigenvalue weighted by Crippen LogP contribution is 2.44. The second-order valence-electron chi connectivity index (χ2n) is 9.10. The Morgan fingerprint density at radius 1 is 1.03 bits per heavy atom. The summed E-state index contributed by atoms with van der Waals surface area (Å²) in [5.74, 6) is -4.03. The minimum absolute atomic E-state index is 0.144.